The molecule has 0 fully saturated rings. The van der Waals surface area contributed by atoms with Crippen LogP contribution in [0.1, 0.15) is 10.4 Å². The fourth-order valence-electron chi connectivity index (χ4n) is 2.61. The third kappa shape index (κ3) is 3.72. The number of rotatable bonds is 6. The molecular weight excluding hydrogens is 350 g/mol. The molecule has 0 saturated carbocycles. The fourth-order valence-corrected chi connectivity index (χ4v) is 2.61. The van der Waals surface area contributed by atoms with Gasteiger partial charge < -0.3 is 23.7 Å². The maximum Gasteiger partial charge on any atom is 0.345 e. The molecule has 0 saturated heterocycles. The lowest BCUT2D eigenvalue weighted by atomic mass is 10.1. The monoisotopic (exact) mass is 369 g/mol. The van der Waals surface area contributed by atoms with E-state index in [1.54, 1.807) is 50.6 Å². The molecule has 2 aromatic carbocycles. The Balaban J connectivity index is 1.89. The van der Waals surface area contributed by atoms with E-state index in [0.29, 0.717) is 39.8 Å². The van der Waals surface area contributed by atoms with Crippen LogP contribution in [-0.2, 0) is 0 Å². The van der Waals surface area contributed by atoms with E-state index >= 15 is 0 Å². The van der Waals surface area contributed by atoms with Gasteiger partial charge >= 0.3 is 5.97 Å². The predicted molar refractivity (Wildman–Crippen MR) is 99.4 cm³/mol. The number of esters is 1. The van der Waals surface area contributed by atoms with Crippen molar-refractivity contribution in [2.75, 3.05) is 28.4 Å². The van der Waals surface area contributed by atoms with Gasteiger partial charge in [-0.1, -0.05) is 0 Å². The van der Waals surface area contributed by atoms with Crippen molar-refractivity contribution in [1.29, 1.82) is 0 Å². The van der Waals surface area contributed by atoms with Gasteiger partial charge in [0.1, 0.15) is 5.75 Å². The lowest BCUT2D eigenvalue weighted by molar-refractivity contribution is 0.0734. The number of carbonyl (C=O) groups is 1. The van der Waals surface area contributed by atoms with Crippen LogP contribution in [0, 0.1) is 0 Å². The van der Waals surface area contributed by atoms with Crippen LogP contribution in [0.15, 0.2) is 42.6 Å². The summed E-state index contributed by atoms with van der Waals surface area (Å²) in [5.74, 6) is 1.94. The third-order valence-corrected chi connectivity index (χ3v) is 3.99. The zero-order valence-electron chi connectivity index (χ0n) is 15.4. The van der Waals surface area contributed by atoms with E-state index < -0.39 is 5.97 Å². The Morgan fingerprint density at radius 1 is 0.778 bits per heavy atom. The highest BCUT2D eigenvalue weighted by Gasteiger charge is 2.14. The van der Waals surface area contributed by atoms with E-state index in [-0.39, 0.29) is 0 Å². The minimum atomic E-state index is -0.536. The first kappa shape index (κ1) is 18.3. The standard InChI is InChI=1S/C20H19NO6/c1-23-16-6-5-14(9-18(16)25-3)27-20(22)13-7-12-8-17(24-2)19(26-4)10-15(12)21-11-13/h5-11H,1-4H3. The number of fused-ring (bicyclic) bond motifs is 1. The number of ether oxygens (including phenoxy) is 5. The molecule has 0 aliphatic rings. The second-order valence-corrected chi connectivity index (χ2v) is 5.53. The van der Waals surface area contributed by atoms with Gasteiger partial charge in [0.15, 0.2) is 23.0 Å². The van der Waals surface area contributed by atoms with Crippen molar-refractivity contribution in [1.82, 2.24) is 4.98 Å². The second-order valence-electron chi connectivity index (χ2n) is 5.53. The van der Waals surface area contributed by atoms with E-state index in [4.69, 9.17) is 23.7 Å². The van der Waals surface area contributed by atoms with Crippen LogP contribution in [0.2, 0.25) is 0 Å². The zero-order valence-corrected chi connectivity index (χ0v) is 15.4. The Morgan fingerprint density at radius 3 is 2.07 bits per heavy atom. The number of pyridine rings is 1. The van der Waals surface area contributed by atoms with Gasteiger partial charge in [-0.2, -0.15) is 0 Å². The summed E-state index contributed by atoms with van der Waals surface area (Å²) in [6.45, 7) is 0. The molecule has 140 valence electrons. The first-order valence-corrected chi connectivity index (χ1v) is 8.05. The molecule has 3 rings (SSSR count). The summed E-state index contributed by atoms with van der Waals surface area (Å²) in [6, 6.07) is 10.1. The molecule has 0 atom stereocenters. The summed E-state index contributed by atoms with van der Waals surface area (Å²) in [4.78, 5) is 16.8. The summed E-state index contributed by atoms with van der Waals surface area (Å²) in [7, 11) is 6.15. The molecule has 0 radical (unpaired) electrons. The summed E-state index contributed by atoms with van der Waals surface area (Å²) in [5, 5.41) is 0.731. The Hall–Kier alpha value is -3.48. The molecule has 1 aromatic heterocycles. The van der Waals surface area contributed by atoms with Crippen LogP contribution < -0.4 is 23.7 Å². The van der Waals surface area contributed by atoms with Crippen molar-refractivity contribution in [3.05, 3.63) is 48.2 Å². The van der Waals surface area contributed by atoms with Crippen LogP contribution in [0.25, 0.3) is 10.9 Å². The highest BCUT2D eigenvalue weighted by molar-refractivity contribution is 5.95. The van der Waals surface area contributed by atoms with Gasteiger partial charge in [-0.15, -0.1) is 0 Å². The third-order valence-electron chi connectivity index (χ3n) is 3.99. The smallest absolute Gasteiger partial charge is 0.345 e. The molecule has 0 amide bonds. The Kier molecular flexibility index (Phi) is 5.30. The molecule has 0 N–H and O–H groups in total. The lowest BCUT2D eigenvalue weighted by Gasteiger charge is -2.11. The molecule has 7 nitrogen and oxygen atoms in total. The molecule has 0 unspecified atom stereocenters. The van der Waals surface area contributed by atoms with Gasteiger partial charge in [0.05, 0.1) is 39.5 Å². The molecule has 3 aromatic rings. The average Bonchev–Trinajstić information content (AvgIpc) is 2.71. The molecule has 7 heteroatoms. The topological polar surface area (TPSA) is 76.1 Å². The van der Waals surface area contributed by atoms with Crippen molar-refractivity contribution in [3.63, 3.8) is 0 Å². The van der Waals surface area contributed by atoms with Crippen molar-refractivity contribution in [2.24, 2.45) is 0 Å². The van der Waals surface area contributed by atoms with E-state index in [2.05, 4.69) is 4.98 Å². The maximum atomic E-state index is 12.5. The summed E-state index contributed by atoms with van der Waals surface area (Å²) < 4.78 is 26.4. The summed E-state index contributed by atoms with van der Waals surface area (Å²) in [6.07, 6.45) is 1.46. The summed E-state index contributed by atoms with van der Waals surface area (Å²) in [5.41, 5.74) is 0.986. The van der Waals surface area contributed by atoms with Crippen molar-refractivity contribution in [2.45, 2.75) is 0 Å². The fraction of sp³-hybridized carbons (Fsp3) is 0.200. The SMILES string of the molecule is COc1ccc(OC(=O)c2cnc3cc(OC)c(OC)cc3c2)cc1OC. The van der Waals surface area contributed by atoms with Crippen LogP contribution in [0.4, 0.5) is 0 Å². The number of benzene rings is 2. The number of nitrogens with zero attached hydrogens (tertiary/aromatic N) is 1. The number of methoxy groups -OCH3 is 4. The molecule has 0 bridgehead atoms. The van der Waals surface area contributed by atoms with Crippen LogP contribution in [0.3, 0.4) is 0 Å². The molecule has 0 spiro atoms. The van der Waals surface area contributed by atoms with E-state index in [0.717, 1.165) is 5.39 Å². The average molecular weight is 369 g/mol. The highest BCUT2D eigenvalue weighted by Crippen LogP contribution is 2.33. The second kappa shape index (κ2) is 7.82. The van der Waals surface area contributed by atoms with Crippen LogP contribution in [-0.4, -0.2) is 39.4 Å². The minimum absolute atomic E-state index is 0.310. The van der Waals surface area contributed by atoms with Gasteiger partial charge in [-0.05, 0) is 24.3 Å². The van der Waals surface area contributed by atoms with E-state index in [1.165, 1.54) is 20.4 Å². The first-order valence-electron chi connectivity index (χ1n) is 8.05. The Labute approximate surface area is 156 Å². The molecular formula is C20H19NO6. The van der Waals surface area contributed by atoms with Gasteiger partial charge in [0, 0.05) is 23.7 Å². The predicted octanol–water partition coefficient (Wildman–Crippen LogP) is 3.49. The maximum absolute atomic E-state index is 12.5. The van der Waals surface area contributed by atoms with Crippen molar-refractivity contribution >= 4 is 16.9 Å². The Morgan fingerprint density at radius 2 is 1.41 bits per heavy atom. The first-order chi connectivity index (χ1) is 13.1. The zero-order chi connectivity index (χ0) is 19.4. The summed E-state index contributed by atoms with van der Waals surface area (Å²) >= 11 is 0. The Bertz CT molecular complexity index is 986. The quantitative estimate of drug-likeness (QED) is 0.486. The molecule has 0 aliphatic carbocycles. The highest BCUT2D eigenvalue weighted by atomic mass is 16.5. The lowest BCUT2D eigenvalue weighted by Crippen LogP contribution is -2.09. The molecule has 27 heavy (non-hydrogen) atoms. The number of hydrogen-bond donors (Lipinski definition) is 0. The van der Waals surface area contributed by atoms with Gasteiger partial charge in [0.2, 0.25) is 0 Å². The van der Waals surface area contributed by atoms with Gasteiger partial charge in [0.25, 0.3) is 0 Å². The van der Waals surface area contributed by atoms with Gasteiger partial charge in [-0.3, -0.25) is 4.98 Å². The van der Waals surface area contributed by atoms with Crippen LogP contribution >= 0.6 is 0 Å². The van der Waals surface area contributed by atoms with Crippen molar-refractivity contribution < 1.29 is 28.5 Å². The van der Waals surface area contributed by atoms with Crippen LogP contribution in [0.5, 0.6) is 28.7 Å². The number of hydrogen-bond acceptors (Lipinski definition) is 7. The van der Waals surface area contributed by atoms with Gasteiger partial charge in [-0.25, -0.2) is 4.79 Å². The molecule has 0 aliphatic heterocycles. The number of aromatic nitrogens is 1. The van der Waals surface area contributed by atoms with E-state index in [1.807, 2.05) is 0 Å². The molecule has 1 heterocycles. The van der Waals surface area contributed by atoms with Crippen molar-refractivity contribution in [3.8, 4) is 28.7 Å². The normalized spacial score (nSPS) is 10.4. The van der Waals surface area contributed by atoms with E-state index in [9.17, 15) is 4.79 Å². The largest absolute Gasteiger partial charge is 0.493 e. The minimum Gasteiger partial charge on any atom is -0.493 e. The number of carbonyl (C=O) groups excluding carboxylic acids is 1.